The van der Waals surface area contributed by atoms with Gasteiger partial charge in [-0.1, -0.05) is 6.92 Å². The van der Waals surface area contributed by atoms with Gasteiger partial charge in [0.1, 0.15) is 0 Å². The second kappa shape index (κ2) is 6.11. The van der Waals surface area contributed by atoms with Crippen LogP contribution in [0.2, 0.25) is 0 Å². The monoisotopic (exact) mass is 212 g/mol. The Bertz CT molecular complexity index is 196. The summed E-state index contributed by atoms with van der Waals surface area (Å²) in [5.74, 6) is 0.228. The Labute approximate surface area is 93.2 Å². The van der Waals surface area contributed by atoms with Crippen molar-refractivity contribution < 1.29 is 4.79 Å². The predicted octanol–water partition coefficient (Wildman–Crippen LogP) is 1.78. The molecule has 0 aromatic rings. The molecule has 0 bridgehead atoms. The molecule has 0 radical (unpaired) electrons. The molecule has 1 amide bonds. The van der Waals surface area contributed by atoms with Crippen LogP contribution in [0.3, 0.4) is 0 Å². The molecule has 15 heavy (non-hydrogen) atoms. The van der Waals surface area contributed by atoms with Crippen LogP contribution >= 0.6 is 0 Å². The quantitative estimate of drug-likeness (QED) is 0.770. The molecule has 3 heteroatoms. The van der Waals surface area contributed by atoms with E-state index in [-0.39, 0.29) is 5.91 Å². The molecule has 0 heterocycles. The third-order valence-electron chi connectivity index (χ3n) is 3.27. The molecule has 0 aromatic carbocycles. The molecule has 3 nitrogen and oxygen atoms in total. The zero-order valence-electron chi connectivity index (χ0n) is 10.3. The van der Waals surface area contributed by atoms with Gasteiger partial charge in [0.05, 0.1) is 0 Å². The largest absolute Gasteiger partial charge is 0.353 e. The maximum Gasteiger partial charge on any atom is 0.220 e. The molecule has 0 atom stereocenters. The third kappa shape index (κ3) is 4.20. The number of rotatable bonds is 4. The summed E-state index contributed by atoms with van der Waals surface area (Å²) in [5, 5.41) is 3.12. The highest BCUT2D eigenvalue weighted by molar-refractivity contribution is 5.76. The highest BCUT2D eigenvalue weighted by Gasteiger charge is 2.22. The Balaban J connectivity index is 2.22. The van der Waals surface area contributed by atoms with E-state index in [1.165, 1.54) is 12.8 Å². The van der Waals surface area contributed by atoms with Crippen molar-refractivity contribution in [2.75, 3.05) is 14.1 Å². The molecule has 1 N–H and O–H groups in total. The first-order chi connectivity index (χ1) is 7.13. The van der Waals surface area contributed by atoms with Crippen molar-refractivity contribution in [1.82, 2.24) is 10.2 Å². The Morgan fingerprint density at radius 3 is 2.33 bits per heavy atom. The molecule has 0 unspecified atom stereocenters. The SMILES string of the molecule is CCCC(=O)NC1CCC(N(C)C)CC1. The van der Waals surface area contributed by atoms with E-state index in [9.17, 15) is 4.79 Å². The van der Waals surface area contributed by atoms with E-state index in [0.29, 0.717) is 18.5 Å². The molecule has 0 aromatic heterocycles. The lowest BCUT2D eigenvalue weighted by Crippen LogP contribution is -2.41. The van der Waals surface area contributed by atoms with E-state index in [1.54, 1.807) is 0 Å². The van der Waals surface area contributed by atoms with Crippen LogP contribution in [-0.2, 0) is 4.79 Å². The van der Waals surface area contributed by atoms with Gasteiger partial charge in [-0.2, -0.15) is 0 Å². The second-order valence-electron chi connectivity index (χ2n) is 4.79. The smallest absolute Gasteiger partial charge is 0.220 e. The van der Waals surface area contributed by atoms with Crippen molar-refractivity contribution in [3.8, 4) is 0 Å². The Hall–Kier alpha value is -0.570. The van der Waals surface area contributed by atoms with E-state index in [0.717, 1.165) is 19.3 Å². The van der Waals surface area contributed by atoms with Gasteiger partial charge in [-0.15, -0.1) is 0 Å². The van der Waals surface area contributed by atoms with Crippen LogP contribution in [0, 0.1) is 0 Å². The van der Waals surface area contributed by atoms with Gasteiger partial charge in [0, 0.05) is 18.5 Å². The summed E-state index contributed by atoms with van der Waals surface area (Å²) in [5.41, 5.74) is 0. The zero-order valence-corrected chi connectivity index (χ0v) is 10.3. The van der Waals surface area contributed by atoms with Crippen molar-refractivity contribution in [3.63, 3.8) is 0 Å². The van der Waals surface area contributed by atoms with E-state index < -0.39 is 0 Å². The molecule has 88 valence electrons. The Morgan fingerprint density at radius 2 is 1.87 bits per heavy atom. The normalized spacial score (nSPS) is 26.7. The lowest BCUT2D eigenvalue weighted by Gasteiger charge is -2.32. The van der Waals surface area contributed by atoms with Gasteiger partial charge >= 0.3 is 0 Å². The number of hydrogen-bond donors (Lipinski definition) is 1. The first kappa shape index (κ1) is 12.5. The van der Waals surface area contributed by atoms with Crippen molar-refractivity contribution in [2.45, 2.75) is 57.5 Å². The predicted molar refractivity (Wildman–Crippen MR) is 62.8 cm³/mol. The minimum absolute atomic E-state index is 0.228. The van der Waals surface area contributed by atoms with E-state index in [4.69, 9.17) is 0 Å². The van der Waals surface area contributed by atoms with Crippen LogP contribution in [0.4, 0.5) is 0 Å². The summed E-state index contributed by atoms with van der Waals surface area (Å²) in [6.07, 6.45) is 6.32. The second-order valence-corrected chi connectivity index (χ2v) is 4.79. The van der Waals surface area contributed by atoms with Crippen LogP contribution in [-0.4, -0.2) is 37.0 Å². The number of amides is 1. The van der Waals surface area contributed by atoms with Gasteiger partial charge in [0.25, 0.3) is 0 Å². The van der Waals surface area contributed by atoms with E-state index in [1.807, 2.05) is 6.92 Å². The molecule has 0 aliphatic heterocycles. The van der Waals surface area contributed by atoms with Gasteiger partial charge < -0.3 is 10.2 Å². The standard InChI is InChI=1S/C12H24N2O/c1-4-5-12(15)13-10-6-8-11(9-7-10)14(2)3/h10-11H,4-9H2,1-3H3,(H,13,15). The van der Waals surface area contributed by atoms with Crippen molar-refractivity contribution in [3.05, 3.63) is 0 Å². The third-order valence-corrected chi connectivity index (χ3v) is 3.27. The summed E-state index contributed by atoms with van der Waals surface area (Å²) in [6, 6.07) is 1.14. The molecule has 1 fully saturated rings. The fourth-order valence-corrected chi connectivity index (χ4v) is 2.26. The van der Waals surface area contributed by atoms with Gasteiger partial charge in [-0.3, -0.25) is 4.79 Å². The molecular weight excluding hydrogens is 188 g/mol. The highest BCUT2D eigenvalue weighted by atomic mass is 16.1. The molecule has 1 aliphatic carbocycles. The van der Waals surface area contributed by atoms with Crippen LogP contribution in [0.25, 0.3) is 0 Å². The van der Waals surface area contributed by atoms with Crippen LogP contribution < -0.4 is 5.32 Å². The maximum atomic E-state index is 11.4. The fraction of sp³-hybridized carbons (Fsp3) is 0.917. The van der Waals surface area contributed by atoms with Crippen molar-refractivity contribution in [1.29, 1.82) is 0 Å². The first-order valence-corrected chi connectivity index (χ1v) is 6.09. The molecule has 1 rings (SSSR count). The lowest BCUT2D eigenvalue weighted by atomic mass is 9.90. The minimum Gasteiger partial charge on any atom is -0.353 e. The lowest BCUT2D eigenvalue weighted by molar-refractivity contribution is -0.122. The summed E-state index contributed by atoms with van der Waals surface area (Å²) >= 11 is 0. The molecule has 0 spiro atoms. The summed E-state index contributed by atoms with van der Waals surface area (Å²) in [4.78, 5) is 13.7. The van der Waals surface area contributed by atoms with Gasteiger partial charge in [-0.05, 0) is 46.2 Å². The average Bonchev–Trinajstić information content (AvgIpc) is 2.18. The summed E-state index contributed by atoms with van der Waals surface area (Å²) < 4.78 is 0. The Morgan fingerprint density at radius 1 is 1.27 bits per heavy atom. The fourth-order valence-electron chi connectivity index (χ4n) is 2.26. The van der Waals surface area contributed by atoms with Crippen LogP contribution in [0.5, 0.6) is 0 Å². The van der Waals surface area contributed by atoms with Crippen LogP contribution in [0.15, 0.2) is 0 Å². The van der Waals surface area contributed by atoms with Gasteiger partial charge in [-0.25, -0.2) is 0 Å². The summed E-state index contributed by atoms with van der Waals surface area (Å²) in [7, 11) is 4.28. The number of nitrogens with one attached hydrogen (secondary N) is 1. The zero-order chi connectivity index (χ0) is 11.3. The maximum absolute atomic E-state index is 11.4. The van der Waals surface area contributed by atoms with Gasteiger partial charge in [0.2, 0.25) is 5.91 Å². The van der Waals surface area contributed by atoms with E-state index >= 15 is 0 Å². The van der Waals surface area contributed by atoms with Crippen LogP contribution in [0.1, 0.15) is 45.4 Å². The number of carbonyl (C=O) groups excluding carboxylic acids is 1. The molecule has 1 aliphatic rings. The first-order valence-electron chi connectivity index (χ1n) is 6.09. The molecule has 0 saturated heterocycles. The van der Waals surface area contributed by atoms with Crippen molar-refractivity contribution in [2.24, 2.45) is 0 Å². The summed E-state index contributed by atoms with van der Waals surface area (Å²) in [6.45, 7) is 2.04. The average molecular weight is 212 g/mol. The van der Waals surface area contributed by atoms with E-state index in [2.05, 4.69) is 24.3 Å². The number of carbonyl (C=O) groups is 1. The minimum atomic E-state index is 0.228. The molecule has 1 saturated carbocycles. The van der Waals surface area contributed by atoms with Gasteiger partial charge in [0.15, 0.2) is 0 Å². The Kier molecular flexibility index (Phi) is 5.09. The van der Waals surface area contributed by atoms with Crippen molar-refractivity contribution >= 4 is 5.91 Å². The number of nitrogens with zero attached hydrogens (tertiary/aromatic N) is 1. The molecular formula is C12H24N2O. The topological polar surface area (TPSA) is 32.3 Å². The number of hydrogen-bond acceptors (Lipinski definition) is 2. The highest BCUT2D eigenvalue weighted by Crippen LogP contribution is 2.21.